The zero-order valence-corrected chi connectivity index (χ0v) is 14.8. The third-order valence-electron chi connectivity index (χ3n) is 5.81. The topological polar surface area (TPSA) is 49.3 Å². The van der Waals surface area contributed by atoms with Crippen molar-refractivity contribution in [2.75, 3.05) is 5.32 Å². The molecule has 2 unspecified atom stereocenters. The third kappa shape index (κ3) is 2.80. The molecule has 0 saturated heterocycles. The van der Waals surface area contributed by atoms with Crippen LogP contribution in [-0.2, 0) is 4.79 Å². The van der Waals surface area contributed by atoms with Gasteiger partial charge < -0.3 is 10.4 Å². The minimum atomic E-state index is -0.479. The van der Waals surface area contributed by atoms with Crippen LogP contribution in [0.15, 0.2) is 24.3 Å². The Morgan fingerprint density at radius 3 is 2.41 bits per heavy atom. The van der Waals surface area contributed by atoms with Crippen LogP contribution in [0.25, 0.3) is 0 Å². The number of carbonyl (C=O) groups is 1. The van der Waals surface area contributed by atoms with Gasteiger partial charge in [0.15, 0.2) is 0 Å². The quantitative estimate of drug-likeness (QED) is 0.741. The number of carbonyl (C=O) groups excluding carboxylic acids is 1. The Bertz CT molecular complexity index is 584. The normalized spacial score (nSPS) is 39.0. The van der Waals surface area contributed by atoms with E-state index in [2.05, 4.69) is 27.9 Å². The Balaban J connectivity index is 1.46. The molecule has 4 aliphatic carbocycles. The Kier molecular flexibility index (Phi) is 3.53. The Morgan fingerprint density at radius 1 is 1.18 bits per heavy atom. The molecular formula is C18H22INO2. The SMILES string of the molecule is O=C(CC12C[C@@H]3C[C@@H](CC(O)(C3)C1)C2)Nc1ccc(I)cc1. The van der Waals surface area contributed by atoms with E-state index in [9.17, 15) is 9.90 Å². The lowest BCUT2D eigenvalue weighted by atomic mass is 9.47. The van der Waals surface area contributed by atoms with E-state index in [4.69, 9.17) is 0 Å². The van der Waals surface area contributed by atoms with Crippen LogP contribution in [0.4, 0.5) is 5.69 Å². The highest BCUT2D eigenvalue weighted by atomic mass is 127. The molecule has 1 aromatic carbocycles. The number of benzene rings is 1. The molecule has 0 aromatic heterocycles. The first-order chi connectivity index (χ1) is 10.4. The summed E-state index contributed by atoms with van der Waals surface area (Å²) in [5, 5.41) is 13.8. The second kappa shape index (κ2) is 5.20. The van der Waals surface area contributed by atoms with Crippen LogP contribution in [0.2, 0.25) is 0 Å². The van der Waals surface area contributed by atoms with Gasteiger partial charge in [-0.1, -0.05) is 0 Å². The van der Waals surface area contributed by atoms with Gasteiger partial charge >= 0.3 is 0 Å². The second-order valence-electron chi connectivity index (χ2n) is 7.92. The average Bonchev–Trinajstić information content (AvgIpc) is 2.37. The van der Waals surface area contributed by atoms with Crippen molar-refractivity contribution in [2.45, 2.75) is 50.5 Å². The monoisotopic (exact) mass is 411 g/mol. The van der Waals surface area contributed by atoms with Crippen LogP contribution in [-0.4, -0.2) is 16.6 Å². The van der Waals surface area contributed by atoms with Crippen molar-refractivity contribution in [3.05, 3.63) is 27.8 Å². The summed E-state index contributed by atoms with van der Waals surface area (Å²) in [6.07, 6.45) is 6.84. The summed E-state index contributed by atoms with van der Waals surface area (Å²) in [5.41, 5.74) is 0.438. The molecule has 0 radical (unpaired) electrons. The van der Waals surface area contributed by atoms with E-state index in [1.54, 1.807) is 0 Å². The summed E-state index contributed by atoms with van der Waals surface area (Å²) in [6, 6.07) is 7.91. The van der Waals surface area contributed by atoms with Crippen molar-refractivity contribution in [1.29, 1.82) is 0 Å². The summed E-state index contributed by atoms with van der Waals surface area (Å²) >= 11 is 2.26. The van der Waals surface area contributed by atoms with E-state index < -0.39 is 5.60 Å². The Labute approximate surface area is 145 Å². The Hall–Kier alpha value is -0.620. The molecule has 5 rings (SSSR count). The third-order valence-corrected chi connectivity index (χ3v) is 6.53. The number of rotatable bonds is 3. The molecule has 1 aromatic rings. The molecule has 4 aliphatic rings. The molecule has 0 spiro atoms. The van der Waals surface area contributed by atoms with Crippen LogP contribution in [0.3, 0.4) is 0 Å². The van der Waals surface area contributed by atoms with E-state index in [0.717, 1.165) is 37.8 Å². The van der Waals surface area contributed by atoms with Gasteiger partial charge in [-0.05, 0) is 103 Å². The van der Waals surface area contributed by atoms with E-state index in [1.165, 1.54) is 9.99 Å². The van der Waals surface area contributed by atoms with Crippen LogP contribution in [0.5, 0.6) is 0 Å². The lowest BCUT2D eigenvalue weighted by molar-refractivity contribution is -0.167. The number of hydrogen-bond acceptors (Lipinski definition) is 2. The van der Waals surface area contributed by atoms with E-state index in [1.807, 2.05) is 24.3 Å². The smallest absolute Gasteiger partial charge is 0.224 e. The zero-order chi connectivity index (χ0) is 15.4. The number of halogens is 1. The van der Waals surface area contributed by atoms with E-state index >= 15 is 0 Å². The van der Waals surface area contributed by atoms with E-state index in [-0.39, 0.29) is 11.3 Å². The highest BCUT2D eigenvalue weighted by molar-refractivity contribution is 14.1. The largest absolute Gasteiger partial charge is 0.390 e. The first-order valence-electron chi connectivity index (χ1n) is 8.22. The number of amides is 1. The average molecular weight is 411 g/mol. The van der Waals surface area contributed by atoms with Crippen molar-refractivity contribution in [3.8, 4) is 0 Å². The summed E-state index contributed by atoms with van der Waals surface area (Å²) in [6.45, 7) is 0. The molecule has 2 N–H and O–H groups in total. The van der Waals surface area contributed by atoms with Crippen molar-refractivity contribution in [1.82, 2.24) is 0 Å². The molecule has 4 bridgehead atoms. The predicted octanol–water partition coefficient (Wildman–Crippen LogP) is 3.95. The maximum Gasteiger partial charge on any atom is 0.224 e. The first kappa shape index (κ1) is 14.9. The molecule has 22 heavy (non-hydrogen) atoms. The van der Waals surface area contributed by atoms with Gasteiger partial charge in [-0.2, -0.15) is 0 Å². The van der Waals surface area contributed by atoms with Crippen LogP contribution in [0, 0.1) is 20.8 Å². The fourth-order valence-electron chi connectivity index (χ4n) is 5.69. The van der Waals surface area contributed by atoms with E-state index in [0.29, 0.717) is 18.3 Å². The van der Waals surface area contributed by atoms with Crippen LogP contribution in [0.1, 0.15) is 44.9 Å². The number of nitrogens with one attached hydrogen (secondary N) is 1. The van der Waals surface area contributed by atoms with Gasteiger partial charge in [0.1, 0.15) is 0 Å². The van der Waals surface area contributed by atoms with Crippen molar-refractivity contribution in [2.24, 2.45) is 17.3 Å². The summed E-state index contributed by atoms with van der Waals surface area (Å²) in [5.74, 6) is 1.38. The van der Waals surface area contributed by atoms with Crippen molar-refractivity contribution >= 4 is 34.2 Å². The first-order valence-corrected chi connectivity index (χ1v) is 9.29. The lowest BCUT2D eigenvalue weighted by Crippen LogP contribution is -2.56. The fraction of sp³-hybridized carbons (Fsp3) is 0.611. The molecule has 0 heterocycles. The molecule has 4 fully saturated rings. The Morgan fingerprint density at radius 2 is 1.82 bits per heavy atom. The molecule has 4 saturated carbocycles. The van der Waals surface area contributed by atoms with Crippen LogP contribution >= 0.6 is 22.6 Å². The lowest BCUT2D eigenvalue weighted by Gasteiger charge is -2.60. The van der Waals surface area contributed by atoms with Crippen molar-refractivity contribution < 1.29 is 9.90 Å². The maximum atomic E-state index is 12.5. The van der Waals surface area contributed by atoms with Crippen molar-refractivity contribution in [3.63, 3.8) is 0 Å². The predicted molar refractivity (Wildman–Crippen MR) is 94.5 cm³/mol. The number of anilines is 1. The number of hydrogen-bond donors (Lipinski definition) is 2. The van der Waals surface area contributed by atoms with Gasteiger partial charge in [-0.3, -0.25) is 4.79 Å². The molecule has 4 heteroatoms. The number of aliphatic hydroxyl groups is 1. The van der Waals surface area contributed by atoms with Gasteiger partial charge in [-0.25, -0.2) is 0 Å². The molecule has 0 aliphatic heterocycles. The van der Waals surface area contributed by atoms with Gasteiger partial charge in [0.05, 0.1) is 5.60 Å². The summed E-state index contributed by atoms with van der Waals surface area (Å²) in [4.78, 5) is 12.5. The molecule has 3 nitrogen and oxygen atoms in total. The highest BCUT2D eigenvalue weighted by Crippen LogP contribution is 2.62. The van der Waals surface area contributed by atoms with Gasteiger partial charge in [0, 0.05) is 15.7 Å². The fourth-order valence-corrected chi connectivity index (χ4v) is 6.05. The summed E-state index contributed by atoms with van der Waals surface area (Å²) < 4.78 is 1.17. The maximum absolute atomic E-state index is 12.5. The summed E-state index contributed by atoms with van der Waals surface area (Å²) in [7, 11) is 0. The minimum Gasteiger partial charge on any atom is -0.390 e. The molecular weight excluding hydrogens is 389 g/mol. The van der Waals surface area contributed by atoms with Gasteiger partial charge in [0.2, 0.25) is 5.91 Å². The van der Waals surface area contributed by atoms with Crippen LogP contribution < -0.4 is 5.32 Å². The van der Waals surface area contributed by atoms with Gasteiger partial charge in [0.25, 0.3) is 0 Å². The zero-order valence-electron chi connectivity index (χ0n) is 12.6. The van der Waals surface area contributed by atoms with Gasteiger partial charge in [-0.15, -0.1) is 0 Å². The standard InChI is InChI=1S/C18H22INO2/c19-14-1-3-15(4-2-14)20-16(21)10-17-6-12-5-13(7-17)9-18(22,8-12)11-17/h1-4,12-13,22H,5-11H2,(H,20,21)/t12-,13+,17?,18?. The second-order valence-corrected chi connectivity index (χ2v) is 9.16. The highest BCUT2D eigenvalue weighted by Gasteiger charge is 2.57. The molecule has 1 amide bonds. The molecule has 118 valence electrons. The molecule has 4 atom stereocenters. The minimum absolute atomic E-state index is 0.0477.